The van der Waals surface area contributed by atoms with Crippen molar-refractivity contribution < 1.29 is 34.2 Å². The van der Waals surface area contributed by atoms with Crippen molar-refractivity contribution in [3.63, 3.8) is 0 Å². The van der Waals surface area contributed by atoms with Crippen LogP contribution in [0.3, 0.4) is 0 Å². The number of aliphatic carboxylic acids is 1. The topological polar surface area (TPSA) is 205 Å². The average molecular weight is 429 g/mol. The van der Waals surface area contributed by atoms with E-state index in [1.807, 2.05) is 13.8 Å². The Kier molecular flexibility index (Phi) is 9.66. The summed E-state index contributed by atoms with van der Waals surface area (Å²) in [6, 6.07) is -4.66. The molecule has 0 aromatic heterocycles. The van der Waals surface area contributed by atoms with Gasteiger partial charge in [0.15, 0.2) is 0 Å². The van der Waals surface area contributed by atoms with Crippen LogP contribution in [-0.2, 0) is 24.0 Å². The second kappa shape index (κ2) is 11.5. The van der Waals surface area contributed by atoms with E-state index in [2.05, 4.69) is 10.6 Å². The summed E-state index contributed by atoms with van der Waals surface area (Å²) in [7, 11) is 0. The molecule has 0 aromatic carbocycles. The third kappa shape index (κ3) is 7.26. The largest absolute Gasteiger partial charge is 0.480 e. The Hall–Kier alpha value is -2.73. The summed E-state index contributed by atoms with van der Waals surface area (Å²) < 4.78 is 0. The molecular weight excluding hydrogens is 398 g/mol. The summed E-state index contributed by atoms with van der Waals surface area (Å²) in [6.07, 6.45) is 0.617. The molecule has 4 amide bonds. The van der Waals surface area contributed by atoms with Gasteiger partial charge in [0, 0.05) is 6.54 Å². The highest BCUT2D eigenvalue weighted by Gasteiger charge is 2.39. The van der Waals surface area contributed by atoms with Crippen LogP contribution in [0.1, 0.15) is 39.5 Å². The number of hydrogen-bond donors (Lipinski definition) is 6. The van der Waals surface area contributed by atoms with Crippen LogP contribution in [0.2, 0.25) is 0 Å². The molecule has 0 unspecified atom stereocenters. The van der Waals surface area contributed by atoms with E-state index in [4.69, 9.17) is 11.5 Å². The van der Waals surface area contributed by atoms with E-state index in [1.165, 1.54) is 4.90 Å². The standard InChI is InChI=1S/C18H31N5O7/c1-9(2)6-11(18(29)30)21-16(27)13-4-3-5-23(13)17(28)12(8-24)22-15(26)10(19)7-14(20)25/h9-13,24H,3-8,19H2,1-2H3,(H2,20,25)(H,21,27)(H,22,26)(H,29,30)/t10-,11-,12-,13-/m0/s1. The molecule has 12 heteroatoms. The van der Waals surface area contributed by atoms with Gasteiger partial charge < -0.3 is 37.2 Å². The lowest BCUT2D eigenvalue weighted by Crippen LogP contribution is -2.58. The zero-order chi connectivity index (χ0) is 23.0. The second-order valence-electron chi connectivity index (χ2n) is 7.74. The second-order valence-corrected chi connectivity index (χ2v) is 7.74. The van der Waals surface area contributed by atoms with Crippen LogP contribution in [0.5, 0.6) is 0 Å². The summed E-state index contributed by atoms with van der Waals surface area (Å²) in [6.45, 7) is 3.11. The Labute approximate surface area is 174 Å². The molecule has 0 spiro atoms. The van der Waals surface area contributed by atoms with Crippen molar-refractivity contribution in [1.29, 1.82) is 0 Å². The van der Waals surface area contributed by atoms with Gasteiger partial charge in [-0.3, -0.25) is 19.2 Å². The Morgan fingerprint density at radius 2 is 1.77 bits per heavy atom. The minimum atomic E-state index is -1.37. The molecule has 0 radical (unpaired) electrons. The maximum Gasteiger partial charge on any atom is 0.326 e. The molecule has 170 valence electrons. The lowest BCUT2D eigenvalue weighted by atomic mass is 10.0. The van der Waals surface area contributed by atoms with Crippen LogP contribution in [0.25, 0.3) is 0 Å². The number of likely N-dealkylation sites (tertiary alicyclic amines) is 1. The zero-order valence-electron chi connectivity index (χ0n) is 17.2. The molecular formula is C18H31N5O7. The van der Waals surface area contributed by atoms with Crippen molar-refractivity contribution in [2.45, 2.75) is 63.7 Å². The van der Waals surface area contributed by atoms with Gasteiger partial charge in [0.25, 0.3) is 0 Å². The van der Waals surface area contributed by atoms with Crippen LogP contribution in [0.15, 0.2) is 0 Å². The normalized spacial score (nSPS) is 19.1. The number of hydrogen-bond acceptors (Lipinski definition) is 7. The third-order valence-electron chi connectivity index (χ3n) is 4.72. The number of nitrogens with one attached hydrogen (secondary N) is 2. The smallest absolute Gasteiger partial charge is 0.326 e. The number of nitrogens with zero attached hydrogens (tertiary/aromatic N) is 1. The fourth-order valence-electron chi connectivity index (χ4n) is 3.24. The van der Waals surface area contributed by atoms with E-state index in [1.54, 1.807) is 0 Å². The molecule has 30 heavy (non-hydrogen) atoms. The number of carbonyl (C=O) groups excluding carboxylic acids is 4. The summed E-state index contributed by atoms with van der Waals surface area (Å²) in [4.78, 5) is 60.9. The van der Waals surface area contributed by atoms with Crippen molar-refractivity contribution in [2.24, 2.45) is 17.4 Å². The fourth-order valence-corrected chi connectivity index (χ4v) is 3.24. The quantitative estimate of drug-likeness (QED) is 0.203. The summed E-state index contributed by atoms with van der Waals surface area (Å²) in [5, 5.41) is 23.6. The number of carboxylic acids is 1. The minimum Gasteiger partial charge on any atom is -0.480 e. The highest BCUT2D eigenvalue weighted by atomic mass is 16.4. The Morgan fingerprint density at radius 3 is 2.27 bits per heavy atom. The number of aliphatic hydroxyl groups is 1. The van der Waals surface area contributed by atoms with Crippen molar-refractivity contribution in [1.82, 2.24) is 15.5 Å². The van der Waals surface area contributed by atoms with Gasteiger partial charge in [-0.2, -0.15) is 0 Å². The van der Waals surface area contributed by atoms with Gasteiger partial charge >= 0.3 is 5.97 Å². The molecule has 1 rings (SSSR count). The van der Waals surface area contributed by atoms with E-state index in [-0.39, 0.29) is 18.9 Å². The molecule has 0 saturated carbocycles. The molecule has 4 atom stereocenters. The molecule has 1 heterocycles. The number of primary amides is 1. The Morgan fingerprint density at radius 1 is 1.13 bits per heavy atom. The van der Waals surface area contributed by atoms with Gasteiger partial charge in [0.2, 0.25) is 23.6 Å². The first-order chi connectivity index (χ1) is 14.0. The first-order valence-electron chi connectivity index (χ1n) is 9.76. The van der Waals surface area contributed by atoms with Gasteiger partial charge in [0.05, 0.1) is 19.1 Å². The number of nitrogens with two attached hydrogens (primary N) is 2. The summed E-state index contributed by atoms with van der Waals surface area (Å²) in [5.74, 6) is -4.09. The van der Waals surface area contributed by atoms with E-state index in [0.29, 0.717) is 12.8 Å². The van der Waals surface area contributed by atoms with Gasteiger partial charge in [-0.1, -0.05) is 13.8 Å². The van der Waals surface area contributed by atoms with Crippen LogP contribution in [-0.4, -0.2) is 82.0 Å². The summed E-state index contributed by atoms with van der Waals surface area (Å²) >= 11 is 0. The maximum atomic E-state index is 12.8. The Bertz CT molecular complexity index is 669. The number of carboxylic acid groups (broad SMARTS) is 1. The molecule has 0 aromatic rings. The molecule has 1 saturated heterocycles. The number of carbonyl (C=O) groups is 5. The molecule has 0 aliphatic carbocycles. The van der Waals surface area contributed by atoms with E-state index < -0.39 is 66.8 Å². The fraction of sp³-hybridized carbons (Fsp3) is 0.722. The van der Waals surface area contributed by atoms with E-state index >= 15 is 0 Å². The molecule has 8 N–H and O–H groups in total. The first-order valence-corrected chi connectivity index (χ1v) is 9.76. The first kappa shape index (κ1) is 25.3. The minimum absolute atomic E-state index is 0.0336. The van der Waals surface area contributed by atoms with E-state index in [0.717, 1.165) is 0 Å². The Balaban J connectivity index is 2.83. The third-order valence-corrected chi connectivity index (χ3v) is 4.72. The number of amides is 4. The predicted octanol–water partition coefficient (Wildman–Crippen LogP) is -2.73. The maximum absolute atomic E-state index is 12.8. The van der Waals surface area contributed by atoms with Gasteiger partial charge in [-0.25, -0.2) is 4.79 Å². The molecule has 1 aliphatic rings. The molecule has 12 nitrogen and oxygen atoms in total. The highest BCUT2D eigenvalue weighted by Crippen LogP contribution is 2.19. The molecule has 0 bridgehead atoms. The van der Waals surface area contributed by atoms with Crippen LogP contribution in [0.4, 0.5) is 0 Å². The van der Waals surface area contributed by atoms with Crippen molar-refractivity contribution in [3.8, 4) is 0 Å². The number of aliphatic hydroxyl groups excluding tert-OH is 1. The van der Waals surface area contributed by atoms with E-state index in [9.17, 15) is 34.2 Å². The monoisotopic (exact) mass is 429 g/mol. The zero-order valence-corrected chi connectivity index (χ0v) is 17.2. The van der Waals surface area contributed by atoms with Gasteiger partial charge in [0.1, 0.15) is 18.1 Å². The van der Waals surface area contributed by atoms with Crippen molar-refractivity contribution >= 4 is 29.6 Å². The van der Waals surface area contributed by atoms with Crippen LogP contribution in [0, 0.1) is 5.92 Å². The highest BCUT2D eigenvalue weighted by molar-refractivity contribution is 5.95. The lowest BCUT2D eigenvalue weighted by molar-refractivity contribution is -0.145. The van der Waals surface area contributed by atoms with Crippen molar-refractivity contribution in [2.75, 3.05) is 13.2 Å². The SMILES string of the molecule is CC(C)C[C@H](NC(=O)[C@@H]1CCCN1C(=O)[C@H](CO)NC(=O)[C@@H](N)CC(N)=O)C(=O)O. The van der Waals surface area contributed by atoms with Crippen LogP contribution >= 0.6 is 0 Å². The lowest BCUT2D eigenvalue weighted by Gasteiger charge is -2.29. The van der Waals surface area contributed by atoms with Crippen LogP contribution < -0.4 is 22.1 Å². The molecule has 1 aliphatic heterocycles. The van der Waals surface area contributed by atoms with Gasteiger partial charge in [-0.15, -0.1) is 0 Å². The predicted molar refractivity (Wildman–Crippen MR) is 105 cm³/mol. The van der Waals surface area contributed by atoms with Gasteiger partial charge in [-0.05, 0) is 25.2 Å². The van der Waals surface area contributed by atoms with Crippen molar-refractivity contribution in [3.05, 3.63) is 0 Å². The summed E-state index contributed by atoms with van der Waals surface area (Å²) in [5.41, 5.74) is 10.5. The molecule has 1 fully saturated rings. The average Bonchev–Trinajstić information content (AvgIpc) is 3.13. The number of rotatable bonds is 11.